The summed E-state index contributed by atoms with van der Waals surface area (Å²) in [4.78, 5) is 17.7. The molecule has 126 valence electrons. The van der Waals surface area contributed by atoms with Gasteiger partial charge in [-0.05, 0) is 35.9 Å². The molecule has 0 atom stereocenters. The van der Waals surface area contributed by atoms with E-state index in [9.17, 15) is 4.79 Å². The molecule has 0 saturated carbocycles. The normalized spacial score (nSPS) is 11.0. The van der Waals surface area contributed by atoms with Crippen LogP contribution in [0, 0.1) is 0 Å². The van der Waals surface area contributed by atoms with Gasteiger partial charge in [-0.1, -0.05) is 42.5 Å². The Morgan fingerprint density at radius 1 is 1.04 bits per heavy atom. The minimum absolute atomic E-state index is 0.0341. The molecule has 1 amide bonds. The lowest BCUT2D eigenvalue weighted by molar-refractivity contribution is -0.130. The first-order chi connectivity index (χ1) is 12.1. The van der Waals surface area contributed by atoms with Crippen molar-refractivity contribution in [3.63, 3.8) is 0 Å². The number of nitrogens with zero attached hydrogens (tertiary/aromatic N) is 2. The molecule has 1 aromatic heterocycles. The van der Waals surface area contributed by atoms with Crippen LogP contribution in [0.25, 0.3) is 23.1 Å². The fourth-order valence-electron chi connectivity index (χ4n) is 2.34. The standard InChI is InChI=1S/C21H20N2O2/c1-23(2)21(24)15-25-19-8-5-6-16(14-19)10-12-18-13-11-17-7-3-4-9-20(17)22-18/h3-14H,15H2,1-2H3. The van der Waals surface area contributed by atoms with E-state index in [1.54, 1.807) is 14.1 Å². The van der Waals surface area contributed by atoms with Gasteiger partial charge in [0, 0.05) is 19.5 Å². The molecular weight excluding hydrogens is 312 g/mol. The van der Waals surface area contributed by atoms with E-state index in [-0.39, 0.29) is 12.5 Å². The highest BCUT2D eigenvalue weighted by molar-refractivity contribution is 5.81. The molecule has 1 heterocycles. The van der Waals surface area contributed by atoms with Gasteiger partial charge in [0.1, 0.15) is 5.75 Å². The van der Waals surface area contributed by atoms with E-state index in [1.807, 2.05) is 66.7 Å². The molecular formula is C21H20N2O2. The van der Waals surface area contributed by atoms with Crippen molar-refractivity contribution < 1.29 is 9.53 Å². The SMILES string of the molecule is CN(C)C(=O)COc1cccc(C=Cc2ccc3ccccc3n2)c1. The Morgan fingerprint density at radius 3 is 2.72 bits per heavy atom. The number of hydrogen-bond acceptors (Lipinski definition) is 3. The lowest BCUT2D eigenvalue weighted by Gasteiger charge is -2.11. The molecule has 2 aromatic carbocycles. The first-order valence-electron chi connectivity index (χ1n) is 8.09. The second-order valence-corrected chi connectivity index (χ2v) is 5.91. The fourth-order valence-corrected chi connectivity index (χ4v) is 2.34. The molecule has 3 aromatic rings. The Balaban J connectivity index is 1.72. The van der Waals surface area contributed by atoms with Crippen LogP contribution in [0.4, 0.5) is 0 Å². The van der Waals surface area contributed by atoms with Crippen LogP contribution < -0.4 is 4.74 Å². The third-order valence-corrected chi connectivity index (χ3v) is 3.79. The lowest BCUT2D eigenvalue weighted by atomic mass is 10.1. The molecule has 3 rings (SSSR count). The number of likely N-dealkylation sites (N-methyl/N-ethyl adjacent to an activating group) is 1. The van der Waals surface area contributed by atoms with Crippen molar-refractivity contribution >= 4 is 29.0 Å². The summed E-state index contributed by atoms with van der Waals surface area (Å²) >= 11 is 0. The maximum atomic E-state index is 11.6. The smallest absolute Gasteiger partial charge is 0.259 e. The number of aromatic nitrogens is 1. The fraction of sp³-hybridized carbons (Fsp3) is 0.143. The van der Waals surface area contributed by atoms with Gasteiger partial charge in [0.25, 0.3) is 5.91 Å². The molecule has 4 nitrogen and oxygen atoms in total. The third kappa shape index (κ3) is 4.44. The topological polar surface area (TPSA) is 42.4 Å². The Bertz CT molecular complexity index is 916. The summed E-state index contributed by atoms with van der Waals surface area (Å²) in [5.74, 6) is 0.602. The van der Waals surface area contributed by atoms with E-state index < -0.39 is 0 Å². The zero-order valence-electron chi connectivity index (χ0n) is 14.3. The van der Waals surface area contributed by atoms with Crippen molar-refractivity contribution in [2.75, 3.05) is 20.7 Å². The molecule has 0 radical (unpaired) electrons. The number of carbonyl (C=O) groups excluding carboxylic acids is 1. The van der Waals surface area contributed by atoms with E-state index in [4.69, 9.17) is 4.74 Å². The van der Waals surface area contributed by atoms with Crippen LogP contribution in [0.1, 0.15) is 11.3 Å². The third-order valence-electron chi connectivity index (χ3n) is 3.79. The van der Waals surface area contributed by atoms with Crippen LogP contribution in [0.15, 0.2) is 60.7 Å². The molecule has 0 aliphatic heterocycles. The second-order valence-electron chi connectivity index (χ2n) is 5.91. The molecule has 4 heteroatoms. The molecule has 0 unspecified atom stereocenters. The van der Waals surface area contributed by atoms with Crippen molar-refractivity contribution in [2.24, 2.45) is 0 Å². The summed E-state index contributed by atoms with van der Waals surface area (Å²) in [5.41, 5.74) is 2.86. The average Bonchev–Trinajstić information content (AvgIpc) is 2.64. The molecule has 0 saturated heterocycles. The van der Waals surface area contributed by atoms with E-state index >= 15 is 0 Å². The lowest BCUT2D eigenvalue weighted by Crippen LogP contribution is -2.27. The highest BCUT2D eigenvalue weighted by atomic mass is 16.5. The quantitative estimate of drug-likeness (QED) is 0.712. The predicted molar refractivity (Wildman–Crippen MR) is 101 cm³/mol. The Labute approximate surface area is 147 Å². The van der Waals surface area contributed by atoms with Gasteiger partial charge in [-0.2, -0.15) is 0 Å². The summed E-state index contributed by atoms with van der Waals surface area (Å²) in [6.07, 6.45) is 3.95. The Kier molecular flexibility index (Phi) is 5.09. The first kappa shape index (κ1) is 16.7. The Hall–Kier alpha value is -3.14. The molecule has 25 heavy (non-hydrogen) atoms. The largest absolute Gasteiger partial charge is 0.484 e. The van der Waals surface area contributed by atoms with Crippen molar-refractivity contribution in [1.29, 1.82) is 0 Å². The van der Waals surface area contributed by atoms with Crippen molar-refractivity contribution in [1.82, 2.24) is 9.88 Å². The predicted octanol–water partition coefficient (Wildman–Crippen LogP) is 3.87. The van der Waals surface area contributed by atoms with Crippen LogP contribution >= 0.6 is 0 Å². The summed E-state index contributed by atoms with van der Waals surface area (Å²) in [6.45, 7) is 0.0341. The first-order valence-corrected chi connectivity index (χ1v) is 8.09. The highest BCUT2D eigenvalue weighted by Crippen LogP contribution is 2.17. The van der Waals surface area contributed by atoms with Gasteiger partial charge < -0.3 is 9.64 Å². The molecule has 0 bridgehead atoms. The molecule has 0 fully saturated rings. The van der Waals surface area contributed by atoms with Crippen LogP contribution in [0.2, 0.25) is 0 Å². The van der Waals surface area contributed by atoms with Gasteiger partial charge in [0.15, 0.2) is 6.61 Å². The summed E-state index contributed by atoms with van der Waals surface area (Å²) in [6, 6.07) is 19.7. The average molecular weight is 332 g/mol. The zero-order valence-corrected chi connectivity index (χ0v) is 14.3. The number of amides is 1. The number of carbonyl (C=O) groups is 1. The minimum atomic E-state index is -0.0682. The summed E-state index contributed by atoms with van der Waals surface area (Å²) < 4.78 is 5.54. The van der Waals surface area contributed by atoms with E-state index in [0.29, 0.717) is 5.75 Å². The number of pyridine rings is 1. The summed E-state index contributed by atoms with van der Waals surface area (Å²) in [7, 11) is 3.42. The zero-order chi connectivity index (χ0) is 17.6. The van der Waals surface area contributed by atoms with Gasteiger partial charge in [-0.3, -0.25) is 4.79 Å². The van der Waals surface area contributed by atoms with Crippen LogP contribution in [-0.2, 0) is 4.79 Å². The van der Waals surface area contributed by atoms with E-state index in [1.165, 1.54) is 4.90 Å². The maximum Gasteiger partial charge on any atom is 0.259 e. The van der Waals surface area contributed by atoms with E-state index in [0.717, 1.165) is 22.2 Å². The van der Waals surface area contributed by atoms with E-state index in [2.05, 4.69) is 11.1 Å². The van der Waals surface area contributed by atoms with Crippen molar-refractivity contribution in [3.8, 4) is 5.75 Å². The second kappa shape index (κ2) is 7.62. The molecule has 0 N–H and O–H groups in total. The molecule has 0 aliphatic carbocycles. The number of fused-ring (bicyclic) bond motifs is 1. The number of para-hydroxylation sites is 1. The number of ether oxygens (including phenoxy) is 1. The van der Waals surface area contributed by atoms with Gasteiger partial charge in [0.2, 0.25) is 0 Å². The minimum Gasteiger partial charge on any atom is -0.484 e. The van der Waals surface area contributed by atoms with Gasteiger partial charge in [0.05, 0.1) is 11.2 Å². The van der Waals surface area contributed by atoms with Gasteiger partial charge in [-0.25, -0.2) is 4.98 Å². The number of hydrogen-bond donors (Lipinski definition) is 0. The maximum absolute atomic E-state index is 11.6. The monoisotopic (exact) mass is 332 g/mol. The van der Waals surface area contributed by atoms with Crippen LogP contribution in [-0.4, -0.2) is 36.5 Å². The number of rotatable bonds is 5. The molecule has 0 aliphatic rings. The molecule has 0 spiro atoms. The van der Waals surface area contributed by atoms with Crippen LogP contribution in [0.5, 0.6) is 5.75 Å². The van der Waals surface area contributed by atoms with Crippen LogP contribution in [0.3, 0.4) is 0 Å². The Morgan fingerprint density at radius 2 is 1.88 bits per heavy atom. The van der Waals surface area contributed by atoms with Gasteiger partial charge >= 0.3 is 0 Å². The number of benzene rings is 2. The highest BCUT2D eigenvalue weighted by Gasteiger charge is 2.04. The summed E-state index contributed by atoms with van der Waals surface area (Å²) in [5, 5.41) is 1.13. The van der Waals surface area contributed by atoms with Crippen molar-refractivity contribution in [2.45, 2.75) is 0 Å². The van der Waals surface area contributed by atoms with Crippen molar-refractivity contribution in [3.05, 3.63) is 71.9 Å². The van der Waals surface area contributed by atoms with Gasteiger partial charge in [-0.15, -0.1) is 0 Å².